The first-order valence-corrected chi connectivity index (χ1v) is 7.86. The van der Waals surface area contributed by atoms with Gasteiger partial charge in [-0.15, -0.1) is 10.2 Å². The summed E-state index contributed by atoms with van der Waals surface area (Å²) >= 11 is 0. The van der Waals surface area contributed by atoms with Gasteiger partial charge in [0.15, 0.2) is 5.82 Å². The van der Waals surface area contributed by atoms with E-state index in [1.54, 1.807) is 12.1 Å². The molecule has 0 saturated carbocycles. The second-order valence-electron chi connectivity index (χ2n) is 5.59. The summed E-state index contributed by atoms with van der Waals surface area (Å²) in [6.45, 7) is 4.69. The summed E-state index contributed by atoms with van der Waals surface area (Å²) in [5.74, 6) is 1.33. The normalized spacial score (nSPS) is 12.5. The highest BCUT2D eigenvalue weighted by Gasteiger charge is 2.17. The van der Waals surface area contributed by atoms with Crippen molar-refractivity contribution in [3.05, 3.63) is 54.1 Å². The Kier molecular flexibility index (Phi) is 4.69. The van der Waals surface area contributed by atoms with Gasteiger partial charge in [0.1, 0.15) is 5.82 Å². The van der Waals surface area contributed by atoms with Crippen LogP contribution in [-0.4, -0.2) is 26.6 Å². The lowest BCUT2D eigenvalue weighted by molar-refractivity contribution is -0.120. The van der Waals surface area contributed by atoms with Crippen molar-refractivity contribution in [2.75, 3.05) is 5.32 Å². The van der Waals surface area contributed by atoms with E-state index in [9.17, 15) is 9.59 Å². The quantitative estimate of drug-likeness (QED) is 0.781. The van der Waals surface area contributed by atoms with Crippen molar-refractivity contribution in [1.29, 1.82) is 0 Å². The highest BCUT2D eigenvalue weighted by Crippen LogP contribution is 2.16. The maximum absolute atomic E-state index is 12.2. The van der Waals surface area contributed by atoms with Gasteiger partial charge in [-0.3, -0.25) is 9.59 Å². The summed E-state index contributed by atoms with van der Waals surface area (Å²) in [6.07, 6.45) is 3.39. The predicted molar refractivity (Wildman–Crippen MR) is 89.2 cm³/mol. The minimum atomic E-state index is -0.304. The molecule has 1 aliphatic heterocycles. The van der Waals surface area contributed by atoms with Crippen molar-refractivity contribution in [2.24, 2.45) is 0 Å². The molecular formula is C17H19N5O2. The zero-order chi connectivity index (χ0) is 16.9. The lowest BCUT2D eigenvalue weighted by Crippen LogP contribution is -2.26. The molecule has 1 aromatic heterocycles. The van der Waals surface area contributed by atoms with Crippen molar-refractivity contribution in [3.63, 3.8) is 0 Å². The molecule has 1 aromatic carbocycles. The summed E-state index contributed by atoms with van der Waals surface area (Å²) in [7, 11) is 0. The van der Waals surface area contributed by atoms with Gasteiger partial charge in [-0.2, -0.15) is 0 Å². The predicted octanol–water partition coefficient (Wildman–Crippen LogP) is 1.21. The molecule has 3 rings (SSSR count). The van der Waals surface area contributed by atoms with Crippen molar-refractivity contribution in [1.82, 2.24) is 20.1 Å². The number of hydrogen-bond acceptors (Lipinski definition) is 4. The van der Waals surface area contributed by atoms with Gasteiger partial charge in [-0.05, 0) is 24.1 Å². The number of nitrogens with zero attached hydrogens (tertiary/aromatic N) is 3. The summed E-state index contributed by atoms with van der Waals surface area (Å²) in [5, 5.41) is 13.8. The molecule has 1 aliphatic rings. The first kappa shape index (κ1) is 15.9. The van der Waals surface area contributed by atoms with Gasteiger partial charge in [0.25, 0.3) is 0 Å². The van der Waals surface area contributed by atoms with E-state index >= 15 is 0 Å². The second kappa shape index (κ2) is 7.08. The molecule has 0 aliphatic carbocycles. The number of fused-ring (bicyclic) bond motifs is 1. The van der Waals surface area contributed by atoms with E-state index in [1.807, 2.05) is 12.1 Å². The van der Waals surface area contributed by atoms with Crippen molar-refractivity contribution < 1.29 is 9.59 Å². The molecule has 2 amide bonds. The third kappa shape index (κ3) is 3.51. The Balaban J connectivity index is 1.60. The van der Waals surface area contributed by atoms with E-state index < -0.39 is 0 Å². The molecule has 0 radical (unpaired) electrons. The maximum atomic E-state index is 12.2. The molecule has 124 valence electrons. The van der Waals surface area contributed by atoms with E-state index in [-0.39, 0.29) is 18.2 Å². The Morgan fingerprint density at radius 1 is 1.29 bits per heavy atom. The standard InChI is InChI=1S/C17H19N5O2/c1-2-16(23)19-13-7-4-3-6-12(13)10-17(24)18-11-15-21-20-14-8-5-9-22(14)15/h2-4,6-7H,1,5,8-11H2,(H,18,24)(H,19,23). The lowest BCUT2D eigenvalue weighted by Gasteiger charge is -2.10. The van der Waals surface area contributed by atoms with E-state index in [0.29, 0.717) is 12.2 Å². The van der Waals surface area contributed by atoms with Gasteiger partial charge in [0.05, 0.1) is 13.0 Å². The number of rotatable bonds is 6. The van der Waals surface area contributed by atoms with Gasteiger partial charge >= 0.3 is 0 Å². The van der Waals surface area contributed by atoms with Crippen LogP contribution in [0.3, 0.4) is 0 Å². The summed E-state index contributed by atoms with van der Waals surface area (Å²) in [6, 6.07) is 7.21. The van der Waals surface area contributed by atoms with Crippen LogP contribution >= 0.6 is 0 Å². The van der Waals surface area contributed by atoms with Crippen molar-refractivity contribution in [2.45, 2.75) is 32.4 Å². The Morgan fingerprint density at radius 2 is 2.12 bits per heavy atom. The van der Waals surface area contributed by atoms with Gasteiger partial charge in [-0.25, -0.2) is 0 Å². The minimum absolute atomic E-state index is 0.134. The van der Waals surface area contributed by atoms with Gasteiger partial charge in [0, 0.05) is 18.7 Å². The number of aromatic nitrogens is 3. The molecule has 7 heteroatoms. The molecule has 0 bridgehead atoms. The fourth-order valence-corrected chi connectivity index (χ4v) is 2.73. The summed E-state index contributed by atoms with van der Waals surface area (Å²) in [5.41, 5.74) is 1.36. The highest BCUT2D eigenvalue weighted by molar-refractivity contribution is 5.99. The topological polar surface area (TPSA) is 88.9 Å². The molecule has 0 unspecified atom stereocenters. The molecule has 24 heavy (non-hydrogen) atoms. The summed E-state index contributed by atoms with van der Waals surface area (Å²) < 4.78 is 2.05. The number of anilines is 1. The Bertz CT molecular complexity index is 781. The highest BCUT2D eigenvalue weighted by atomic mass is 16.2. The number of para-hydroxylation sites is 1. The van der Waals surface area contributed by atoms with Crippen molar-refractivity contribution >= 4 is 17.5 Å². The van der Waals surface area contributed by atoms with Gasteiger partial charge < -0.3 is 15.2 Å². The molecule has 0 atom stereocenters. The van der Waals surface area contributed by atoms with Crippen LogP contribution in [0.5, 0.6) is 0 Å². The van der Waals surface area contributed by atoms with Crippen LogP contribution in [0.25, 0.3) is 0 Å². The third-order valence-corrected chi connectivity index (χ3v) is 3.94. The fraction of sp³-hybridized carbons (Fsp3) is 0.294. The van der Waals surface area contributed by atoms with E-state index in [2.05, 4.69) is 32.0 Å². The van der Waals surface area contributed by atoms with Gasteiger partial charge in [0.2, 0.25) is 11.8 Å². The molecule has 0 fully saturated rings. The van der Waals surface area contributed by atoms with Crippen LogP contribution in [0.4, 0.5) is 5.69 Å². The minimum Gasteiger partial charge on any atom is -0.349 e. The monoisotopic (exact) mass is 325 g/mol. The molecule has 0 spiro atoms. The Morgan fingerprint density at radius 3 is 2.96 bits per heavy atom. The van der Waals surface area contributed by atoms with Crippen LogP contribution in [0.1, 0.15) is 23.6 Å². The SMILES string of the molecule is C=CC(=O)Nc1ccccc1CC(=O)NCc1nnc2n1CCC2. The first-order valence-electron chi connectivity index (χ1n) is 7.86. The van der Waals surface area contributed by atoms with Crippen LogP contribution in [0.15, 0.2) is 36.9 Å². The average Bonchev–Trinajstić information content (AvgIpc) is 3.18. The molecule has 2 heterocycles. The largest absolute Gasteiger partial charge is 0.349 e. The Hall–Kier alpha value is -2.96. The van der Waals surface area contributed by atoms with Crippen molar-refractivity contribution in [3.8, 4) is 0 Å². The number of nitrogens with one attached hydrogen (secondary N) is 2. The Labute approximate surface area is 139 Å². The fourth-order valence-electron chi connectivity index (χ4n) is 2.73. The van der Waals surface area contributed by atoms with E-state index in [1.165, 1.54) is 6.08 Å². The number of benzene rings is 1. The van der Waals surface area contributed by atoms with E-state index in [0.717, 1.165) is 36.6 Å². The zero-order valence-corrected chi connectivity index (χ0v) is 13.3. The number of carbonyl (C=O) groups excluding carboxylic acids is 2. The average molecular weight is 325 g/mol. The van der Waals surface area contributed by atoms with Gasteiger partial charge in [-0.1, -0.05) is 24.8 Å². The zero-order valence-electron chi connectivity index (χ0n) is 13.3. The van der Waals surface area contributed by atoms with Crippen LogP contribution in [0, 0.1) is 0 Å². The van der Waals surface area contributed by atoms with Crippen LogP contribution in [0.2, 0.25) is 0 Å². The molecular weight excluding hydrogens is 306 g/mol. The maximum Gasteiger partial charge on any atom is 0.247 e. The van der Waals surface area contributed by atoms with Crippen LogP contribution in [-0.2, 0) is 35.5 Å². The first-order chi connectivity index (χ1) is 11.7. The number of carbonyl (C=O) groups is 2. The number of amides is 2. The molecule has 7 nitrogen and oxygen atoms in total. The number of hydrogen-bond donors (Lipinski definition) is 2. The molecule has 0 saturated heterocycles. The second-order valence-corrected chi connectivity index (χ2v) is 5.59. The number of aryl methyl sites for hydroxylation is 1. The summed E-state index contributed by atoms with van der Waals surface area (Å²) in [4.78, 5) is 23.7. The molecule has 2 N–H and O–H groups in total. The smallest absolute Gasteiger partial charge is 0.247 e. The van der Waals surface area contributed by atoms with Crippen LogP contribution < -0.4 is 10.6 Å². The van der Waals surface area contributed by atoms with E-state index in [4.69, 9.17) is 0 Å². The molecule has 2 aromatic rings. The third-order valence-electron chi connectivity index (χ3n) is 3.94. The lowest BCUT2D eigenvalue weighted by atomic mass is 10.1.